The van der Waals surface area contributed by atoms with E-state index < -0.39 is 8.32 Å². The minimum Gasteiger partial charge on any atom is -0.417 e. The Morgan fingerprint density at radius 1 is 1.42 bits per heavy atom. The fraction of sp³-hybridized carbons (Fsp3) is 0.786. The van der Waals surface area contributed by atoms with Crippen molar-refractivity contribution in [3.63, 3.8) is 0 Å². The molecule has 0 spiro atoms. The summed E-state index contributed by atoms with van der Waals surface area (Å²) in [5.41, 5.74) is 0. The molecule has 0 unspecified atom stereocenters. The van der Waals surface area contributed by atoms with Gasteiger partial charge < -0.3 is 4.43 Å². The fourth-order valence-corrected chi connectivity index (χ4v) is 3.50. The molecule has 0 amide bonds. The largest absolute Gasteiger partial charge is 0.417 e. The lowest BCUT2D eigenvalue weighted by molar-refractivity contribution is 0.110. The fourth-order valence-electron chi connectivity index (χ4n) is 2.11. The maximum Gasteiger partial charge on any atom is 0.191 e. The van der Waals surface area contributed by atoms with Crippen LogP contribution in [0.3, 0.4) is 0 Å². The second-order valence-corrected chi connectivity index (χ2v) is 12.8. The molecule has 0 aromatic carbocycles. The van der Waals surface area contributed by atoms with Gasteiger partial charge in [0.2, 0.25) is 0 Å². The Bertz CT molecular complexity index is 433. The summed E-state index contributed by atoms with van der Waals surface area (Å²) in [6.07, 6.45) is 4.45. The molecule has 0 bridgehead atoms. The number of hydrogen-bond donors (Lipinski definition) is 0. The molecule has 19 heavy (non-hydrogen) atoms. The first-order chi connectivity index (χ1) is 8.69. The molecule has 0 radical (unpaired) electrons. The van der Waals surface area contributed by atoms with Gasteiger partial charge in [-0.1, -0.05) is 20.8 Å². The Hall–Kier alpha value is -0.133. The third-order valence-corrected chi connectivity index (χ3v) is 9.57. The van der Waals surface area contributed by atoms with Crippen LogP contribution in [0.1, 0.15) is 39.7 Å². The smallest absolute Gasteiger partial charge is 0.191 e. The SMILES string of the molecule is CC(C)(C)[Si](C)(C)OCC1CC(n2ccc(Br)n2)C1. The second kappa shape index (κ2) is 5.33. The van der Waals surface area contributed by atoms with Gasteiger partial charge in [-0.15, -0.1) is 0 Å². The van der Waals surface area contributed by atoms with Gasteiger partial charge in [0.1, 0.15) is 4.60 Å². The summed E-state index contributed by atoms with van der Waals surface area (Å²) in [5.74, 6) is 0.710. The van der Waals surface area contributed by atoms with Gasteiger partial charge in [0.15, 0.2) is 8.32 Å². The van der Waals surface area contributed by atoms with Crippen LogP contribution in [0.15, 0.2) is 16.9 Å². The third-order valence-electron chi connectivity index (χ3n) is 4.65. The van der Waals surface area contributed by atoms with Gasteiger partial charge in [-0.05, 0) is 58.9 Å². The lowest BCUT2D eigenvalue weighted by Gasteiger charge is -2.41. The maximum absolute atomic E-state index is 6.29. The standard InChI is InChI=1S/C14H25BrN2OSi/c1-14(2,3)19(4,5)18-10-11-8-12(9-11)17-7-6-13(15)16-17/h6-7,11-12H,8-10H2,1-5H3. The molecule has 1 aromatic rings. The van der Waals surface area contributed by atoms with Crippen LogP contribution in [0.5, 0.6) is 0 Å². The van der Waals surface area contributed by atoms with Gasteiger partial charge in [0, 0.05) is 12.8 Å². The summed E-state index contributed by atoms with van der Waals surface area (Å²) in [6, 6.07) is 2.57. The van der Waals surface area contributed by atoms with Gasteiger partial charge in [-0.3, -0.25) is 4.68 Å². The Kier molecular flexibility index (Phi) is 4.28. The van der Waals surface area contributed by atoms with Gasteiger partial charge in [-0.2, -0.15) is 5.10 Å². The number of nitrogens with zero attached hydrogens (tertiary/aromatic N) is 2. The first-order valence-electron chi connectivity index (χ1n) is 7.04. The van der Waals surface area contributed by atoms with Crippen molar-refractivity contribution in [1.82, 2.24) is 9.78 Å². The average molecular weight is 345 g/mol. The van der Waals surface area contributed by atoms with E-state index in [0.717, 1.165) is 11.2 Å². The third kappa shape index (κ3) is 3.50. The van der Waals surface area contributed by atoms with E-state index in [0.29, 0.717) is 17.0 Å². The monoisotopic (exact) mass is 344 g/mol. The highest BCUT2D eigenvalue weighted by atomic mass is 79.9. The van der Waals surface area contributed by atoms with Crippen LogP contribution >= 0.6 is 15.9 Å². The Labute approximate surface area is 126 Å². The molecule has 0 atom stereocenters. The molecule has 1 aliphatic rings. The molecule has 1 aromatic heterocycles. The van der Waals surface area contributed by atoms with Crippen LogP contribution in [0.4, 0.5) is 0 Å². The molecule has 108 valence electrons. The molecule has 0 saturated heterocycles. The van der Waals surface area contributed by atoms with E-state index in [1.54, 1.807) is 0 Å². The molecule has 0 aliphatic heterocycles. The van der Waals surface area contributed by atoms with Crippen LogP contribution in [0.25, 0.3) is 0 Å². The van der Waals surface area contributed by atoms with Crippen LogP contribution in [0.2, 0.25) is 18.1 Å². The molecular formula is C14H25BrN2OSi. The van der Waals surface area contributed by atoms with Gasteiger partial charge in [0.05, 0.1) is 6.04 Å². The van der Waals surface area contributed by atoms with Gasteiger partial charge >= 0.3 is 0 Å². The topological polar surface area (TPSA) is 27.1 Å². The zero-order chi connectivity index (χ0) is 14.3. The predicted molar refractivity (Wildman–Crippen MR) is 84.8 cm³/mol. The Morgan fingerprint density at radius 2 is 2.05 bits per heavy atom. The molecule has 0 N–H and O–H groups in total. The minimum absolute atomic E-state index is 0.309. The second-order valence-electron chi connectivity index (χ2n) is 7.18. The molecular weight excluding hydrogens is 320 g/mol. The van der Waals surface area contributed by atoms with Crippen molar-refractivity contribution in [3.8, 4) is 0 Å². The molecule has 1 saturated carbocycles. The molecule has 5 heteroatoms. The number of aromatic nitrogens is 2. The predicted octanol–water partition coefficient (Wildman–Crippen LogP) is 4.62. The molecule has 1 heterocycles. The summed E-state index contributed by atoms with van der Waals surface area (Å²) in [5, 5.41) is 4.72. The van der Waals surface area contributed by atoms with Crippen molar-refractivity contribution in [2.45, 2.75) is 57.8 Å². The average Bonchev–Trinajstić information content (AvgIpc) is 2.60. The lowest BCUT2D eigenvalue weighted by Crippen LogP contribution is -2.43. The van der Waals surface area contributed by atoms with Crippen LogP contribution in [0, 0.1) is 5.92 Å². The highest BCUT2D eigenvalue weighted by molar-refractivity contribution is 9.10. The van der Waals surface area contributed by atoms with Crippen molar-refractivity contribution in [1.29, 1.82) is 0 Å². The van der Waals surface area contributed by atoms with Crippen molar-refractivity contribution < 1.29 is 4.43 Å². The minimum atomic E-state index is -1.58. The van der Waals surface area contributed by atoms with Crippen LogP contribution < -0.4 is 0 Å². The van der Waals surface area contributed by atoms with Gasteiger partial charge in [-0.25, -0.2) is 0 Å². The summed E-state index contributed by atoms with van der Waals surface area (Å²) in [4.78, 5) is 0. The zero-order valence-electron chi connectivity index (χ0n) is 12.6. The molecule has 2 rings (SSSR count). The normalized spacial score (nSPS) is 24.3. The molecule has 1 aliphatic carbocycles. The quantitative estimate of drug-likeness (QED) is 0.745. The number of hydrogen-bond acceptors (Lipinski definition) is 2. The highest BCUT2D eigenvalue weighted by Crippen LogP contribution is 2.41. The van der Waals surface area contributed by atoms with Crippen LogP contribution in [-0.2, 0) is 4.43 Å². The van der Waals surface area contributed by atoms with E-state index in [1.807, 2.05) is 6.07 Å². The van der Waals surface area contributed by atoms with Crippen molar-refractivity contribution >= 4 is 24.2 Å². The highest BCUT2D eigenvalue weighted by Gasteiger charge is 2.39. The van der Waals surface area contributed by atoms with E-state index in [9.17, 15) is 0 Å². The molecule has 1 fully saturated rings. The van der Waals surface area contributed by atoms with E-state index in [-0.39, 0.29) is 0 Å². The summed E-state index contributed by atoms with van der Waals surface area (Å²) in [7, 11) is -1.58. The summed E-state index contributed by atoms with van der Waals surface area (Å²) in [6.45, 7) is 12.5. The van der Waals surface area contributed by atoms with E-state index in [2.05, 4.69) is 65.8 Å². The lowest BCUT2D eigenvalue weighted by atomic mass is 9.81. The molecule has 3 nitrogen and oxygen atoms in total. The van der Waals surface area contributed by atoms with E-state index in [4.69, 9.17) is 4.43 Å². The Balaban J connectivity index is 1.77. The van der Waals surface area contributed by atoms with Gasteiger partial charge in [0.25, 0.3) is 0 Å². The zero-order valence-corrected chi connectivity index (χ0v) is 15.2. The summed E-state index contributed by atoms with van der Waals surface area (Å²) >= 11 is 3.40. The number of rotatable bonds is 4. The van der Waals surface area contributed by atoms with Crippen molar-refractivity contribution in [3.05, 3.63) is 16.9 Å². The number of halogens is 1. The van der Waals surface area contributed by atoms with E-state index >= 15 is 0 Å². The maximum atomic E-state index is 6.29. The first-order valence-corrected chi connectivity index (χ1v) is 10.7. The first kappa shape index (κ1) is 15.3. The van der Waals surface area contributed by atoms with Crippen LogP contribution in [-0.4, -0.2) is 24.7 Å². The Morgan fingerprint density at radius 3 is 2.53 bits per heavy atom. The summed E-state index contributed by atoms with van der Waals surface area (Å²) < 4.78 is 9.29. The van der Waals surface area contributed by atoms with Crippen molar-refractivity contribution in [2.24, 2.45) is 5.92 Å². The van der Waals surface area contributed by atoms with E-state index in [1.165, 1.54) is 12.8 Å². The van der Waals surface area contributed by atoms with Crippen molar-refractivity contribution in [2.75, 3.05) is 6.61 Å².